The standard InChI is InChI=1S/C18H18F2N4O7/c1-10(25)31-14(15(27)28)18(2)16(29)22(7-8-30-18)12-5-6-24(21-12)11-3-4-13(26)23(9-11)17(19)20/h3-6,9,14,17H,7-8H2,1-2H3,(H,27,28)/t14-,18+/m0/s1. The van der Waals surface area contributed by atoms with Crippen molar-refractivity contribution < 1.29 is 37.7 Å². The van der Waals surface area contributed by atoms with E-state index in [2.05, 4.69) is 5.10 Å². The van der Waals surface area contributed by atoms with Gasteiger partial charge in [0.2, 0.25) is 6.10 Å². The first-order chi connectivity index (χ1) is 14.5. The molecule has 1 N–H and O–H groups in total. The van der Waals surface area contributed by atoms with Gasteiger partial charge in [0.1, 0.15) is 0 Å². The van der Waals surface area contributed by atoms with Crippen LogP contribution in [0.3, 0.4) is 0 Å². The number of rotatable bonds is 6. The van der Waals surface area contributed by atoms with Gasteiger partial charge in [-0.25, -0.2) is 9.48 Å². The highest BCUT2D eigenvalue weighted by Gasteiger charge is 2.53. The molecule has 1 amide bonds. The first-order valence-corrected chi connectivity index (χ1v) is 8.97. The van der Waals surface area contributed by atoms with Crippen molar-refractivity contribution in [2.45, 2.75) is 32.1 Å². The van der Waals surface area contributed by atoms with Crippen molar-refractivity contribution in [2.75, 3.05) is 18.1 Å². The second-order valence-corrected chi connectivity index (χ2v) is 6.77. The summed E-state index contributed by atoms with van der Waals surface area (Å²) in [5.74, 6) is -3.19. The topological polar surface area (TPSA) is 133 Å². The Balaban J connectivity index is 1.92. The number of aliphatic carboxylic acids is 1. The van der Waals surface area contributed by atoms with Crippen LogP contribution < -0.4 is 10.5 Å². The molecule has 1 saturated heterocycles. The maximum atomic E-state index is 13.1. The predicted octanol–water partition coefficient (Wildman–Crippen LogP) is 0.567. The van der Waals surface area contributed by atoms with Crippen LogP contribution in [0.2, 0.25) is 0 Å². The summed E-state index contributed by atoms with van der Waals surface area (Å²) in [4.78, 5) is 48.6. The molecule has 166 valence electrons. The monoisotopic (exact) mass is 440 g/mol. The number of esters is 1. The van der Waals surface area contributed by atoms with E-state index in [-0.39, 0.29) is 29.2 Å². The smallest absolute Gasteiger partial charge is 0.348 e. The van der Waals surface area contributed by atoms with E-state index in [0.29, 0.717) is 0 Å². The Labute approximate surface area is 173 Å². The molecule has 2 aromatic rings. The number of carbonyl (C=O) groups excluding carboxylic acids is 2. The van der Waals surface area contributed by atoms with Crippen LogP contribution in [0.25, 0.3) is 5.69 Å². The minimum Gasteiger partial charge on any atom is -0.478 e. The van der Waals surface area contributed by atoms with Crippen LogP contribution in [0.1, 0.15) is 20.4 Å². The van der Waals surface area contributed by atoms with Crippen molar-refractivity contribution in [3.8, 4) is 5.69 Å². The van der Waals surface area contributed by atoms with E-state index in [9.17, 15) is 33.1 Å². The van der Waals surface area contributed by atoms with Crippen LogP contribution in [0.4, 0.5) is 14.6 Å². The number of amides is 1. The van der Waals surface area contributed by atoms with E-state index in [1.54, 1.807) is 0 Å². The first kappa shape index (κ1) is 22.1. The zero-order valence-corrected chi connectivity index (χ0v) is 16.4. The molecular weight excluding hydrogens is 422 g/mol. The molecule has 1 fully saturated rings. The van der Waals surface area contributed by atoms with Crippen molar-refractivity contribution in [1.82, 2.24) is 14.3 Å². The van der Waals surface area contributed by atoms with Crippen LogP contribution in [0, 0.1) is 0 Å². The predicted molar refractivity (Wildman–Crippen MR) is 99.0 cm³/mol. The number of alkyl halides is 2. The Hall–Kier alpha value is -3.61. The Morgan fingerprint density at radius 3 is 2.61 bits per heavy atom. The molecule has 2 aromatic heterocycles. The highest BCUT2D eigenvalue weighted by molar-refractivity contribution is 6.02. The molecule has 0 aliphatic carbocycles. The molecule has 1 aliphatic heterocycles. The fourth-order valence-corrected chi connectivity index (χ4v) is 3.13. The van der Waals surface area contributed by atoms with E-state index in [4.69, 9.17) is 9.47 Å². The zero-order chi connectivity index (χ0) is 22.9. The fraction of sp³-hybridized carbons (Fsp3) is 0.389. The molecule has 0 unspecified atom stereocenters. The maximum Gasteiger partial charge on any atom is 0.348 e. The number of carbonyl (C=O) groups is 3. The van der Waals surface area contributed by atoms with Gasteiger partial charge in [0.05, 0.1) is 18.8 Å². The van der Waals surface area contributed by atoms with Crippen molar-refractivity contribution in [1.29, 1.82) is 0 Å². The summed E-state index contributed by atoms with van der Waals surface area (Å²) in [7, 11) is 0. The van der Waals surface area contributed by atoms with Crippen LogP contribution >= 0.6 is 0 Å². The lowest BCUT2D eigenvalue weighted by Crippen LogP contribution is -2.63. The number of hydrogen-bond donors (Lipinski definition) is 1. The van der Waals surface area contributed by atoms with Gasteiger partial charge in [-0.3, -0.25) is 23.9 Å². The summed E-state index contributed by atoms with van der Waals surface area (Å²) in [6, 6.07) is 3.64. The summed E-state index contributed by atoms with van der Waals surface area (Å²) in [5.41, 5.74) is -2.77. The summed E-state index contributed by atoms with van der Waals surface area (Å²) < 4.78 is 37.5. The number of nitrogens with zero attached hydrogens (tertiary/aromatic N) is 4. The third-order valence-electron chi connectivity index (χ3n) is 4.64. The van der Waals surface area contributed by atoms with Crippen LogP contribution in [0.5, 0.6) is 0 Å². The molecule has 3 rings (SSSR count). The van der Waals surface area contributed by atoms with Gasteiger partial charge in [-0.05, 0) is 13.0 Å². The van der Waals surface area contributed by atoms with Crippen molar-refractivity contribution in [2.24, 2.45) is 0 Å². The molecule has 3 heterocycles. The molecule has 1 aliphatic rings. The van der Waals surface area contributed by atoms with Gasteiger partial charge >= 0.3 is 18.5 Å². The molecule has 0 bridgehead atoms. The highest BCUT2D eigenvalue weighted by Crippen LogP contribution is 2.29. The molecule has 2 atom stereocenters. The molecule has 0 radical (unpaired) electrons. The minimum atomic E-state index is -3.04. The Kier molecular flexibility index (Phi) is 5.88. The van der Waals surface area contributed by atoms with Gasteiger partial charge in [0, 0.05) is 31.5 Å². The van der Waals surface area contributed by atoms with Crippen molar-refractivity contribution in [3.63, 3.8) is 0 Å². The maximum absolute atomic E-state index is 13.1. The first-order valence-electron chi connectivity index (χ1n) is 8.97. The van der Waals surface area contributed by atoms with Crippen LogP contribution in [-0.2, 0) is 23.9 Å². The fourth-order valence-electron chi connectivity index (χ4n) is 3.13. The molecule has 0 aromatic carbocycles. The lowest BCUT2D eigenvalue weighted by Gasteiger charge is -2.40. The van der Waals surface area contributed by atoms with Gasteiger partial charge in [0.15, 0.2) is 11.4 Å². The number of hydrogen-bond acceptors (Lipinski definition) is 7. The molecule has 11 nitrogen and oxygen atoms in total. The normalized spacial score (nSPS) is 20.0. The number of anilines is 1. The van der Waals surface area contributed by atoms with Crippen molar-refractivity contribution in [3.05, 3.63) is 40.9 Å². The number of carboxylic acid groups (broad SMARTS) is 1. The quantitative estimate of drug-likeness (QED) is 0.645. The lowest BCUT2D eigenvalue weighted by molar-refractivity contribution is -0.193. The number of pyridine rings is 1. The summed E-state index contributed by atoms with van der Waals surface area (Å²) in [5, 5.41) is 13.6. The SMILES string of the molecule is CC(=O)O[C@@H](C(=O)O)[C@@]1(C)OCCN(c2ccn(-c3ccc(=O)n(C(F)F)c3)n2)C1=O. The third-order valence-corrected chi connectivity index (χ3v) is 4.64. The molecule has 31 heavy (non-hydrogen) atoms. The largest absolute Gasteiger partial charge is 0.478 e. The van der Waals surface area contributed by atoms with Crippen molar-refractivity contribution >= 4 is 23.7 Å². The van der Waals surface area contributed by atoms with Gasteiger partial charge < -0.3 is 14.6 Å². The third kappa shape index (κ3) is 4.17. The lowest BCUT2D eigenvalue weighted by atomic mass is 9.95. The summed E-state index contributed by atoms with van der Waals surface area (Å²) in [6.07, 6.45) is 0.402. The summed E-state index contributed by atoms with van der Waals surface area (Å²) >= 11 is 0. The number of halogens is 2. The minimum absolute atomic E-state index is 0.0222. The van der Waals surface area contributed by atoms with Crippen LogP contribution in [-0.4, -0.2) is 62.2 Å². The average Bonchev–Trinajstić information content (AvgIpc) is 3.18. The second-order valence-electron chi connectivity index (χ2n) is 6.77. The number of carboxylic acids is 1. The molecular formula is C18H18F2N4O7. The van der Waals surface area contributed by atoms with E-state index >= 15 is 0 Å². The Morgan fingerprint density at radius 1 is 1.29 bits per heavy atom. The molecule has 13 heteroatoms. The van der Waals surface area contributed by atoms with Gasteiger partial charge in [-0.1, -0.05) is 0 Å². The van der Waals surface area contributed by atoms with E-state index in [0.717, 1.165) is 24.1 Å². The molecule has 0 saturated carbocycles. The zero-order valence-electron chi connectivity index (χ0n) is 16.4. The Morgan fingerprint density at radius 2 is 2.00 bits per heavy atom. The van der Waals surface area contributed by atoms with Crippen LogP contribution in [0.15, 0.2) is 35.4 Å². The second kappa shape index (κ2) is 8.26. The Bertz CT molecular complexity index is 1080. The number of aromatic nitrogens is 3. The van der Waals surface area contributed by atoms with Gasteiger partial charge in [0.25, 0.3) is 11.5 Å². The average molecular weight is 440 g/mol. The highest BCUT2D eigenvalue weighted by atomic mass is 19.3. The van der Waals surface area contributed by atoms with E-state index in [1.165, 1.54) is 29.9 Å². The van der Waals surface area contributed by atoms with E-state index in [1.807, 2.05) is 0 Å². The number of morpholine rings is 1. The van der Waals surface area contributed by atoms with E-state index < -0.39 is 41.7 Å². The van der Waals surface area contributed by atoms with Gasteiger partial charge in [-0.15, -0.1) is 5.10 Å². The van der Waals surface area contributed by atoms with Gasteiger partial charge in [-0.2, -0.15) is 8.78 Å². The number of ether oxygens (including phenoxy) is 2. The summed E-state index contributed by atoms with van der Waals surface area (Å²) in [6.45, 7) is -0.896. The molecule has 0 spiro atoms.